The highest BCUT2D eigenvalue weighted by Crippen LogP contribution is 2.65. The molecule has 2 fully saturated rings. The van der Waals surface area contributed by atoms with Crippen LogP contribution in [0.4, 0.5) is 4.39 Å². The lowest BCUT2D eigenvalue weighted by atomic mass is 9.84. The first-order valence-electron chi connectivity index (χ1n) is 9.41. The Bertz CT molecular complexity index is 943. The number of amides is 1. The fourth-order valence-electron chi connectivity index (χ4n) is 5.06. The number of rotatable bonds is 3. The lowest BCUT2D eigenvalue weighted by Crippen LogP contribution is -2.44. The maximum atomic E-state index is 13.7. The molecule has 1 aliphatic heterocycles. The van der Waals surface area contributed by atoms with Gasteiger partial charge in [-0.1, -0.05) is 30.3 Å². The summed E-state index contributed by atoms with van der Waals surface area (Å²) in [6.45, 7) is 0.178. The van der Waals surface area contributed by atoms with Gasteiger partial charge in [0.05, 0.1) is 12.0 Å². The molecule has 0 saturated heterocycles. The van der Waals surface area contributed by atoms with Crippen LogP contribution < -0.4 is 10.1 Å². The number of nitrogens with one attached hydrogen (secondary N) is 1. The molecule has 27 heavy (non-hydrogen) atoms. The Morgan fingerprint density at radius 3 is 2.81 bits per heavy atom. The molecule has 3 aliphatic rings. The number of fused-ring (bicyclic) bond motifs is 3. The third kappa shape index (κ3) is 2.56. The van der Waals surface area contributed by atoms with Crippen LogP contribution in [0.3, 0.4) is 0 Å². The minimum absolute atomic E-state index is 0.0652. The summed E-state index contributed by atoms with van der Waals surface area (Å²) in [4.78, 5) is 25.3. The molecule has 1 amide bonds. The molecule has 138 valence electrons. The van der Waals surface area contributed by atoms with Crippen LogP contribution in [0.15, 0.2) is 48.5 Å². The molecule has 2 saturated carbocycles. The molecule has 0 radical (unpaired) electrons. The molecule has 4 nitrogen and oxygen atoms in total. The van der Waals surface area contributed by atoms with E-state index in [-0.39, 0.29) is 41.8 Å². The van der Waals surface area contributed by atoms with Gasteiger partial charge in [-0.25, -0.2) is 4.39 Å². The first-order chi connectivity index (χ1) is 13.1. The Kier molecular flexibility index (Phi) is 3.61. The fourth-order valence-corrected chi connectivity index (χ4v) is 5.06. The van der Waals surface area contributed by atoms with Gasteiger partial charge in [0.25, 0.3) is 0 Å². The molecule has 2 aromatic carbocycles. The van der Waals surface area contributed by atoms with Gasteiger partial charge in [-0.15, -0.1) is 0 Å². The van der Waals surface area contributed by atoms with Gasteiger partial charge in [0.15, 0.2) is 5.78 Å². The van der Waals surface area contributed by atoms with Gasteiger partial charge in [0.2, 0.25) is 5.91 Å². The number of halogens is 1. The molecule has 1 heterocycles. The predicted octanol–water partition coefficient (Wildman–Crippen LogP) is 3.50. The van der Waals surface area contributed by atoms with Crippen molar-refractivity contribution in [3.05, 3.63) is 65.5 Å². The summed E-state index contributed by atoms with van der Waals surface area (Å²) in [7, 11) is 0. The number of Topliss-reactive ketones (excluding diaryl/α,β-unsaturated/α-hetero) is 1. The second-order valence-corrected chi connectivity index (χ2v) is 7.83. The molecule has 1 N–H and O–H groups in total. The second kappa shape index (κ2) is 5.91. The Hall–Kier alpha value is -2.69. The first-order valence-corrected chi connectivity index (χ1v) is 9.41. The Morgan fingerprint density at radius 1 is 1.19 bits per heavy atom. The van der Waals surface area contributed by atoms with E-state index in [1.54, 1.807) is 24.3 Å². The van der Waals surface area contributed by atoms with Crippen LogP contribution in [0.1, 0.15) is 35.2 Å². The normalized spacial score (nSPS) is 30.4. The largest absolute Gasteiger partial charge is 0.486 e. The summed E-state index contributed by atoms with van der Waals surface area (Å²) < 4.78 is 20.1. The van der Waals surface area contributed by atoms with Crippen molar-refractivity contribution < 1.29 is 18.7 Å². The SMILES string of the molecule is O=C1C[C@@]2(CC[C@H]3[C@@H](C(=O)NCc4ccccc4F)[C@H]32)Oc2ccccc21. The highest BCUT2D eigenvalue weighted by Gasteiger charge is 2.70. The molecule has 0 aromatic heterocycles. The number of hydrogen-bond acceptors (Lipinski definition) is 3. The highest BCUT2D eigenvalue weighted by molar-refractivity contribution is 6.00. The van der Waals surface area contributed by atoms with E-state index in [1.165, 1.54) is 6.07 Å². The van der Waals surface area contributed by atoms with Crippen molar-refractivity contribution in [2.24, 2.45) is 17.8 Å². The van der Waals surface area contributed by atoms with E-state index in [2.05, 4.69) is 5.32 Å². The summed E-state index contributed by atoms with van der Waals surface area (Å²) >= 11 is 0. The molecule has 0 unspecified atom stereocenters. The van der Waals surface area contributed by atoms with Crippen molar-refractivity contribution in [2.75, 3.05) is 0 Å². The van der Waals surface area contributed by atoms with E-state index in [0.717, 1.165) is 12.8 Å². The van der Waals surface area contributed by atoms with E-state index in [1.807, 2.05) is 18.2 Å². The smallest absolute Gasteiger partial charge is 0.224 e. The molecule has 1 spiro atoms. The molecular formula is C22H20FNO3. The quantitative estimate of drug-likeness (QED) is 0.906. The number of carbonyl (C=O) groups is 2. The van der Waals surface area contributed by atoms with Crippen LogP contribution in [0.25, 0.3) is 0 Å². The zero-order chi connectivity index (χ0) is 18.6. The monoisotopic (exact) mass is 365 g/mol. The molecule has 5 rings (SSSR count). The standard InChI is InChI=1S/C22H20FNO3/c23-16-7-3-1-5-13(16)12-24-21(26)19-15-9-10-22(20(15)19)11-17(25)14-6-2-4-8-18(14)27-22/h1-8,15,19-20H,9-12H2,(H,24,26)/t15-,19+,20-,22+/m0/s1. The van der Waals surface area contributed by atoms with Gasteiger partial charge >= 0.3 is 0 Å². The number of carbonyl (C=O) groups excluding carboxylic acids is 2. The van der Waals surface area contributed by atoms with Gasteiger partial charge in [-0.3, -0.25) is 9.59 Å². The lowest BCUT2D eigenvalue weighted by molar-refractivity contribution is -0.124. The zero-order valence-corrected chi connectivity index (χ0v) is 14.8. The topological polar surface area (TPSA) is 55.4 Å². The van der Waals surface area contributed by atoms with Crippen molar-refractivity contribution >= 4 is 11.7 Å². The van der Waals surface area contributed by atoms with Gasteiger partial charge in [0, 0.05) is 23.9 Å². The summed E-state index contributed by atoms with van der Waals surface area (Å²) in [6.07, 6.45) is 2.03. The maximum absolute atomic E-state index is 13.7. The van der Waals surface area contributed by atoms with Gasteiger partial charge in [-0.2, -0.15) is 0 Å². The average Bonchev–Trinajstić information content (AvgIpc) is 3.32. The van der Waals surface area contributed by atoms with E-state index >= 15 is 0 Å². The molecule has 2 aromatic rings. The molecular weight excluding hydrogens is 345 g/mol. The number of benzene rings is 2. The van der Waals surface area contributed by atoms with Crippen LogP contribution in [0.2, 0.25) is 0 Å². The second-order valence-electron chi connectivity index (χ2n) is 7.83. The van der Waals surface area contributed by atoms with E-state index in [0.29, 0.717) is 23.3 Å². The van der Waals surface area contributed by atoms with Crippen molar-refractivity contribution in [3.8, 4) is 5.75 Å². The van der Waals surface area contributed by atoms with Gasteiger partial charge < -0.3 is 10.1 Å². The van der Waals surface area contributed by atoms with Crippen LogP contribution in [0.5, 0.6) is 5.75 Å². The van der Waals surface area contributed by atoms with Crippen molar-refractivity contribution in [3.63, 3.8) is 0 Å². The molecule has 0 bridgehead atoms. The van der Waals surface area contributed by atoms with Crippen LogP contribution in [-0.4, -0.2) is 17.3 Å². The minimum atomic E-state index is -0.559. The maximum Gasteiger partial charge on any atom is 0.224 e. The third-order valence-corrected chi connectivity index (χ3v) is 6.35. The zero-order valence-electron chi connectivity index (χ0n) is 14.8. The molecule has 2 aliphatic carbocycles. The molecule has 4 atom stereocenters. The minimum Gasteiger partial charge on any atom is -0.486 e. The van der Waals surface area contributed by atoms with Gasteiger partial charge in [-0.05, 0) is 37.0 Å². The van der Waals surface area contributed by atoms with Gasteiger partial charge in [0.1, 0.15) is 17.2 Å². The summed E-state index contributed by atoms with van der Waals surface area (Å²) in [6, 6.07) is 13.8. The lowest BCUT2D eigenvalue weighted by Gasteiger charge is -2.37. The number of para-hydroxylation sites is 1. The number of ether oxygens (including phenoxy) is 1. The molecule has 5 heteroatoms. The highest BCUT2D eigenvalue weighted by atomic mass is 19.1. The Labute approximate surface area is 156 Å². The van der Waals surface area contributed by atoms with E-state index in [9.17, 15) is 14.0 Å². The number of ketones is 1. The summed E-state index contributed by atoms with van der Waals surface area (Å²) in [5, 5.41) is 2.86. The van der Waals surface area contributed by atoms with Crippen LogP contribution >= 0.6 is 0 Å². The van der Waals surface area contributed by atoms with Crippen molar-refractivity contribution in [1.82, 2.24) is 5.32 Å². The Balaban J connectivity index is 1.31. The average molecular weight is 365 g/mol. The predicted molar refractivity (Wildman–Crippen MR) is 96.7 cm³/mol. The number of hydrogen-bond donors (Lipinski definition) is 1. The van der Waals surface area contributed by atoms with E-state index in [4.69, 9.17) is 4.74 Å². The Morgan fingerprint density at radius 2 is 1.96 bits per heavy atom. The summed E-state index contributed by atoms with van der Waals surface area (Å²) in [5.74, 6) is 0.509. The third-order valence-electron chi connectivity index (χ3n) is 6.35. The van der Waals surface area contributed by atoms with Crippen molar-refractivity contribution in [2.45, 2.75) is 31.4 Å². The van der Waals surface area contributed by atoms with Crippen molar-refractivity contribution in [1.29, 1.82) is 0 Å². The summed E-state index contributed by atoms with van der Waals surface area (Å²) in [5.41, 5.74) is 0.549. The van der Waals surface area contributed by atoms with Crippen LogP contribution in [-0.2, 0) is 11.3 Å². The van der Waals surface area contributed by atoms with Crippen LogP contribution in [0, 0.1) is 23.6 Å². The first kappa shape index (κ1) is 16.5. The fraction of sp³-hybridized carbons (Fsp3) is 0.364. The van der Waals surface area contributed by atoms with E-state index < -0.39 is 5.60 Å².